The highest BCUT2D eigenvalue weighted by molar-refractivity contribution is 7.15. The third kappa shape index (κ3) is 2.23. The van der Waals surface area contributed by atoms with Crippen LogP contribution in [0.2, 0.25) is 5.15 Å². The maximum Gasteiger partial charge on any atom is 0.195 e. The van der Waals surface area contributed by atoms with Gasteiger partial charge in [0.05, 0.1) is 6.21 Å². The second kappa shape index (κ2) is 4.87. The summed E-state index contributed by atoms with van der Waals surface area (Å²) in [6.45, 7) is 4.00. The van der Waals surface area contributed by atoms with E-state index >= 15 is 0 Å². The van der Waals surface area contributed by atoms with E-state index in [0.29, 0.717) is 5.15 Å². The van der Waals surface area contributed by atoms with Gasteiger partial charge in [-0.05, 0) is 7.05 Å². The molecular weight excluding hydrogens is 270 g/mol. The van der Waals surface area contributed by atoms with Gasteiger partial charge in [-0.25, -0.2) is 4.98 Å². The zero-order chi connectivity index (χ0) is 12.5. The maximum absolute atomic E-state index is 6.11. The monoisotopic (exact) mass is 283 g/mol. The van der Waals surface area contributed by atoms with E-state index in [1.54, 1.807) is 17.6 Å². The highest BCUT2D eigenvalue weighted by Crippen LogP contribution is 2.19. The third-order valence-electron chi connectivity index (χ3n) is 3.08. The van der Waals surface area contributed by atoms with Crippen LogP contribution in [0.25, 0.3) is 4.96 Å². The van der Waals surface area contributed by atoms with Crippen molar-refractivity contribution in [2.45, 2.75) is 0 Å². The summed E-state index contributed by atoms with van der Waals surface area (Å²) in [6, 6.07) is 0. The van der Waals surface area contributed by atoms with E-state index in [9.17, 15) is 0 Å². The molecule has 1 aliphatic rings. The lowest BCUT2D eigenvalue weighted by Crippen LogP contribution is -2.41. The largest absolute Gasteiger partial charge is 0.303 e. The van der Waals surface area contributed by atoms with Gasteiger partial charge in [0.15, 0.2) is 10.1 Å². The molecule has 3 heterocycles. The van der Waals surface area contributed by atoms with Gasteiger partial charge in [0, 0.05) is 37.8 Å². The first-order valence-corrected chi connectivity index (χ1v) is 7.08. The smallest absolute Gasteiger partial charge is 0.195 e. The fraction of sp³-hybridized carbons (Fsp3) is 0.455. The van der Waals surface area contributed by atoms with Crippen LogP contribution < -0.4 is 0 Å². The molecule has 0 aromatic carbocycles. The Labute approximate surface area is 114 Å². The van der Waals surface area contributed by atoms with Gasteiger partial charge in [-0.1, -0.05) is 11.6 Å². The second-order valence-corrected chi connectivity index (χ2v) is 5.58. The van der Waals surface area contributed by atoms with Gasteiger partial charge in [0.1, 0.15) is 5.69 Å². The van der Waals surface area contributed by atoms with Crippen LogP contribution in [0.1, 0.15) is 5.69 Å². The molecule has 7 heteroatoms. The van der Waals surface area contributed by atoms with Gasteiger partial charge in [-0.15, -0.1) is 11.3 Å². The van der Waals surface area contributed by atoms with E-state index in [4.69, 9.17) is 11.6 Å². The van der Waals surface area contributed by atoms with Crippen molar-refractivity contribution in [2.24, 2.45) is 5.10 Å². The van der Waals surface area contributed by atoms with Gasteiger partial charge in [0.25, 0.3) is 0 Å². The van der Waals surface area contributed by atoms with Crippen molar-refractivity contribution in [1.82, 2.24) is 19.3 Å². The number of halogens is 1. The zero-order valence-electron chi connectivity index (χ0n) is 10.1. The van der Waals surface area contributed by atoms with E-state index in [1.807, 2.05) is 16.0 Å². The van der Waals surface area contributed by atoms with E-state index < -0.39 is 0 Å². The van der Waals surface area contributed by atoms with Gasteiger partial charge in [0.2, 0.25) is 0 Å². The topological polar surface area (TPSA) is 36.1 Å². The normalized spacial score (nSPS) is 18.2. The number of imidazole rings is 1. The third-order valence-corrected chi connectivity index (χ3v) is 4.11. The highest BCUT2D eigenvalue weighted by Gasteiger charge is 2.13. The fourth-order valence-corrected chi connectivity index (χ4v) is 2.93. The Hall–Kier alpha value is -1.11. The van der Waals surface area contributed by atoms with Crippen LogP contribution in [0.5, 0.6) is 0 Å². The summed E-state index contributed by atoms with van der Waals surface area (Å²) in [5, 5.41) is 9.07. The molecular formula is C11H14ClN5S. The SMILES string of the molecule is CN1CCN(/N=C\c2c(Cl)nc3sccn23)CC1. The van der Waals surface area contributed by atoms with Crippen molar-refractivity contribution in [3.05, 3.63) is 22.4 Å². The van der Waals surface area contributed by atoms with Crippen LogP contribution in [0.3, 0.4) is 0 Å². The molecule has 2 aromatic rings. The van der Waals surface area contributed by atoms with Crippen molar-refractivity contribution in [3.8, 4) is 0 Å². The molecule has 0 saturated carbocycles. The number of thiazole rings is 1. The number of nitrogens with zero attached hydrogens (tertiary/aromatic N) is 5. The molecule has 2 aromatic heterocycles. The van der Waals surface area contributed by atoms with Crippen molar-refractivity contribution in [1.29, 1.82) is 0 Å². The van der Waals surface area contributed by atoms with Crippen LogP contribution in [0.4, 0.5) is 0 Å². The maximum atomic E-state index is 6.11. The minimum atomic E-state index is 0.514. The summed E-state index contributed by atoms with van der Waals surface area (Å²) < 4.78 is 1.96. The Kier molecular flexibility index (Phi) is 3.23. The Bertz CT molecular complexity index is 567. The van der Waals surface area contributed by atoms with Crippen LogP contribution in [-0.4, -0.2) is 58.7 Å². The molecule has 0 unspecified atom stereocenters. The van der Waals surface area contributed by atoms with Crippen LogP contribution in [0.15, 0.2) is 16.7 Å². The number of rotatable bonds is 2. The summed E-state index contributed by atoms with van der Waals surface area (Å²) >= 11 is 7.68. The Morgan fingerprint density at radius 2 is 2.17 bits per heavy atom. The zero-order valence-corrected chi connectivity index (χ0v) is 11.7. The molecule has 0 atom stereocenters. The average molecular weight is 284 g/mol. The molecule has 5 nitrogen and oxygen atoms in total. The number of hydrogen-bond acceptors (Lipinski definition) is 5. The van der Waals surface area contributed by atoms with Gasteiger partial charge in [-0.3, -0.25) is 9.41 Å². The van der Waals surface area contributed by atoms with Crippen molar-refractivity contribution < 1.29 is 0 Å². The molecule has 3 rings (SSSR count). The van der Waals surface area contributed by atoms with Crippen LogP contribution in [-0.2, 0) is 0 Å². The number of aromatic nitrogens is 2. The lowest BCUT2D eigenvalue weighted by atomic mass is 10.4. The Balaban J connectivity index is 1.79. The lowest BCUT2D eigenvalue weighted by molar-refractivity contribution is 0.159. The number of piperazine rings is 1. The molecule has 0 bridgehead atoms. The molecule has 18 heavy (non-hydrogen) atoms. The second-order valence-electron chi connectivity index (χ2n) is 4.34. The van der Waals surface area contributed by atoms with Crippen molar-refractivity contribution in [2.75, 3.05) is 33.2 Å². The van der Waals surface area contributed by atoms with Gasteiger partial charge >= 0.3 is 0 Å². The fourth-order valence-electron chi connectivity index (χ4n) is 1.94. The Morgan fingerprint density at radius 1 is 1.39 bits per heavy atom. The number of hydrogen-bond donors (Lipinski definition) is 0. The minimum absolute atomic E-state index is 0.514. The van der Waals surface area contributed by atoms with E-state index in [2.05, 4.69) is 27.0 Å². The molecule has 96 valence electrons. The molecule has 0 N–H and O–H groups in total. The van der Waals surface area contributed by atoms with Crippen LogP contribution in [0, 0.1) is 0 Å². The quantitative estimate of drug-likeness (QED) is 0.786. The number of likely N-dealkylation sites (N-methyl/N-ethyl adjacent to an activating group) is 1. The summed E-state index contributed by atoms with van der Waals surface area (Å²) in [6.07, 6.45) is 3.77. The van der Waals surface area contributed by atoms with Crippen LogP contribution >= 0.6 is 22.9 Å². The summed E-state index contributed by atoms with van der Waals surface area (Å²) in [5.41, 5.74) is 0.854. The molecule has 1 fully saturated rings. The van der Waals surface area contributed by atoms with E-state index in [-0.39, 0.29) is 0 Å². The first kappa shape index (κ1) is 12.0. The van der Waals surface area contributed by atoms with E-state index in [0.717, 1.165) is 36.8 Å². The molecule has 1 aliphatic heterocycles. The minimum Gasteiger partial charge on any atom is -0.303 e. The van der Waals surface area contributed by atoms with Crippen molar-refractivity contribution in [3.63, 3.8) is 0 Å². The average Bonchev–Trinajstić information content (AvgIpc) is 2.90. The molecule has 0 amide bonds. The first-order valence-electron chi connectivity index (χ1n) is 5.82. The molecule has 0 radical (unpaired) electrons. The molecule has 0 spiro atoms. The lowest BCUT2D eigenvalue weighted by Gasteiger charge is -2.30. The first-order chi connectivity index (χ1) is 8.74. The number of hydrazone groups is 1. The summed E-state index contributed by atoms with van der Waals surface area (Å²) in [7, 11) is 2.13. The van der Waals surface area contributed by atoms with E-state index in [1.165, 1.54) is 0 Å². The number of fused-ring (bicyclic) bond motifs is 1. The van der Waals surface area contributed by atoms with Gasteiger partial charge in [-0.2, -0.15) is 5.10 Å². The molecule has 0 aliphatic carbocycles. The standard InChI is InChI=1S/C11H14ClN5S/c1-15-2-4-16(5-3-15)13-8-9-10(12)14-11-17(9)6-7-18-11/h6-8H,2-5H2,1H3/b13-8-. The summed E-state index contributed by atoms with van der Waals surface area (Å²) in [4.78, 5) is 7.48. The van der Waals surface area contributed by atoms with Crippen molar-refractivity contribution >= 4 is 34.1 Å². The predicted octanol–water partition coefficient (Wildman–Crippen LogP) is 1.63. The van der Waals surface area contributed by atoms with Gasteiger partial charge < -0.3 is 4.90 Å². The highest BCUT2D eigenvalue weighted by atomic mass is 35.5. The summed E-state index contributed by atoms with van der Waals surface area (Å²) in [5.74, 6) is 0. The molecule has 1 saturated heterocycles. The predicted molar refractivity (Wildman–Crippen MR) is 74.7 cm³/mol. The Morgan fingerprint density at radius 3 is 2.94 bits per heavy atom.